The third kappa shape index (κ3) is 6.46. The van der Waals surface area contributed by atoms with Gasteiger partial charge >= 0.3 is 0 Å². The molecule has 8 rings (SSSR count). The molecule has 5 nitrogen and oxygen atoms in total. The minimum Gasteiger partial charge on any atom is -0.247 e. The summed E-state index contributed by atoms with van der Waals surface area (Å²) in [5, 5.41) is 0. The quantitative estimate of drug-likeness (QED) is 0.167. The number of hydrogen-bond donors (Lipinski definition) is 0. The standard InChI is InChI=1S/C44H31N5/c1-6-17-32(18-7-1)37-27-16-28-38(29-37)49(43-45-39(33-19-8-2-9-20-33)30-40(46-43)34-21-10-3-11-22-34)44-47-41(35-23-12-4-13-24-35)31-42(48-44)36-25-14-5-15-26-36/h1-31H. The second-order valence-electron chi connectivity index (χ2n) is 11.6. The highest BCUT2D eigenvalue weighted by molar-refractivity contribution is 5.80. The molecule has 8 aromatic rings. The summed E-state index contributed by atoms with van der Waals surface area (Å²) in [5.41, 5.74) is 10.2. The summed E-state index contributed by atoms with van der Waals surface area (Å²) < 4.78 is 0. The number of nitrogens with zero attached hydrogens (tertiary/aromatic N) is 5. The van der Waals surface area contributed by atoms with Crippen LogP contribution in [0.1, 0.15) is 0 Å². The molecule has 0 N–H and O–H groups in total. The molecule has 0 amide bonds. The largest absolute Gasteiger partial charge is 0.247 e. The summed E-state index contributed by atoms with van der Waals surface area (Å²) in [7, 11) is 0. The fourth-order valence-corrected chi connectivity index (χ4v) is 5.87. The van der Waals surface area contributed by atoms with Crippen molar-refractivity contribution in [3.8, 4) is 56.2 Å². The third-order valence-electron chi connectivity index (χ3n) is 8.32. The molecule has 232 valence electrons. The molecule has 0 bridgehead atoms. The van der Waals surface area contributed by atoms with Crippen LogP contribution in [0, 0.1) is 0 Å². The molecule has 0 saturated carbocycles. The topological polar surface area (TPSA) is 54.8 Å². The van der Waals surface area contributed by atoms with Gasteiger partial charge in [0.15, 0.2) is 0 Å². The minimum absolute atomic E-state index is 0.467. The lowest BCUT2D eigenvalue weighted by atomic mass is 10.0. The van der Waals surface area contributed by atoms with Gasteiger partial charge in [0.1, 0.15) is 0 Å². The average molecular weight is 630 g/mol. The van der Waals surface area contributed by atoms with E-state index in [0.717, 1.165) is 61.8 Å². The van der Waals surface area contributed by atoms with Crippen molar-refractivity contribution in [1.82, 2.24) is 19.9 Å². The Hall–Kier alpha value is -6.72. The highest BCUT2D eigenvalue weighted by Crippen LogP contribution is 2.37. The van der Waals surface area contributed by atoms with Gasteiger partial charge in [0.05, 0.1) is 28.5 Å². The van der Waals surface area contributed by atoms with E-state index in [1.165, 1.54) is 0 Å². The van der Waals surface area contributed by atoms with E-state index >= 15 is 0 Å². The molecular formula is C44H31N5. The van der Waals surface area contributed by atoms with Crippen molar-refractivity contribution in [2.75, 3.05) is 4.90 Å². The van der Waals surface area contributed by atoms with Crippen LogP contribution in [0.4, 0.5) is 17.6 Å². The number of hydrogen-bond acceptors (Lipinski definition) is 5. The zero-order valence-electron chi connectivity index (χ0n) is 26.6. The second-order valence-corrected chi connectivity index (χ2v) is 11.6. The molecule has 0 aliphatic carbocycles. The lowest BCUT2D eigenvalue weighted by Crippen LogP contribution is -2.18. The third-order valence-corrected chi connectivity index (χ3v) is 8.32. The van der Waals surface area contributed by atoms with Gasteiger partial charge in [0.25, 0.3) is 0 Å². The SMILES string of the molecule is c1ccc(-c2cccc(N(c3nc(-c4ccccc4)cc(-c4ccccc4)n3)c3nc(-c4ccccc4)cc(-c4ccccc4)n3)c2)cc1. The Morgan fingerprint density at radius 2 is 0.571 bits per heavy atom. The van der Waals surface area contributed by atoms with Crippen LogP contribution >= 0.6 is 0 Å². The number of anilines is 3. The Labute approximate surface area is 285 Å². The van der Waals surface area contributed by atoms with Crippen molar-refractivity contribution < 1.29 is 0 Å². The highest BCUT2D eigenvalue weighted by atomic mass is 15.3. The smallest absolute Gasteiger partial charge is 0.238 e. The van der Waals surface area contributed by atoms with Crippen molar-refractivity contribution in [3.63, 3.8) is 0 Å². The molecule has 0 aliphatic heterocycles. The van der Waals surface area contributed by atoms with Gasteiger partial charge in [-0.3, -0.25) is 0 Å². The van der Waals surface area contributed by atoms with E-state index in [4.69, 9.17) is 19.9 Å². The molecule has 0 atom stereocenters. The van der Waals surface area contributed by atoms with Gasteiger partial charge in [-0.1, -0.05) is 164 Å². The van der Waals surface area contributed by atoms with Crippen LogP contribution in [0.15, 0.2) is 188 Å². The van der Waals surface area contributed by atoms with Crippen molar-refractivity contribution in [3.05, 3.63) is 188 Å². The fourth-order valence-electron chi connectivity index (χ4n) is 5.87. The van der Waals surface area contributed by atoms with E-state index in [1.807, 2.05) is 95.9 Å². The summed E-state index contributed by atoms with van der Waals surface area (Å²) >= 11 is 0. The van der Waals surface area contributed by atoms with E-state index in [0.29, 0.717) is 11.9 Å². The summed E-state index contributed by atoms with van der Waals surface area (Å²) in [5.74, 6) is 0.935. The highest BCUT2D eigenvalue weighted by Gasteiger charge is 2.23. The molecular weight excluding hydrogens is 599 g/mol. The second kappa shape index (κ2) is 13.6. The Kier molecular flexibility index (Phi) is 8.21. The van der Waals surface area contributed by atoms with E-state index in [1.54, 1.807) is 0 Å². The monoisotopic (exact) mass is 629 g/mol. The van der Waals surface area contributed by atoms with Crippen LogP contribution in [-0.4, -0.2) is 19.9 Å². The normalized spacial score (nSPS) is 10.9. The summed E-state index contributed by atoms with van der Waals surface area (Å²) in [6, 6.07) is 63.7. The van der Waals surface area contributed by atoms with Gasteiger partial charge in [-0.15, -0.1) is 0 Å². The van der Waals surface area contributed by atoms with Gasteiger partial charge in [-0.2, -0.15) is 0 Å². The van der Waals surface area contributed by atoms with Crippen LogP contribution in [0.3, 0.4) is 0 Å². The zero-order chi connectivity index (χ0) is 32.8. The maximum atomic E-state index is 5.22. The van der Waals surface area contributed by atoms with Crippen LogP contribution < -0.4 is 4.90 Å². The molecule has 0 aliphatic rings. The summed E-state index contributed by atoms with van der Waals surface area (Å²) in [6.07, 6.45) is 0. The first-order valence-electron chi connectivity index (χ1n) is 16.2. The Morgan fingerprint density at radius 1 is 0.265 bits per heavy atom. The lowest BCUT2D eigenvalue weighted by molar-refractivity contribution is 1.02. The number of benzene rings is 6. The molecule has 5 heteroatoms. The van der Waals surface area contributed by atoms with Crippen molar-refractivity contribution in [1.29, 1.82) is 0 Å². The number of aromatic nitrogens is 4. The van der Waals surface area contributed by atoms with Crippen molar-refractivity contribution >= 4 is 17.6 Å². The van der Waals surface area contributed by atoms with Crippen LogP contribution in [-0.2, 0) is 0 Å². The van der Waals surface area contributed by atoms with Gasteiger partial charge in [-0.05, 0) is 35.4 Å². The van der Waals surface area contributed by atoms with E-state index in [2.05, 4.69) is 97.1 Å². The van der Waals surface area contributed by atoms with Crippen LogP contribution in [0.2, 0.25) is 0 Å². The van der Waals surface area contributed by atoms with Crippen LogP contribution in [0.25, 0.3) is 56.2 Å². The molecule has 6 aromatic carbocycles. The first kappa shape index (κ1) is 29.7. The van der Waals surface area contributed by atoms with E-state index < -0.39 is 0 Å². The molecule has 2 heterocycles. The molecule has 0 fully saturated rings. The minimum atomic E-state index is 0.467. The average Bonchev–Trinajstić information content (AvgIpc) is 3.19. The molecule has 0 unspecified atom stereocenters. The molecule has 0 spiro atoms. The first-order valence-corrected chi connectivity index (χ1v) is 16.2. The number of rotatable bonds is 8. The van der Waals surface area contributed by atoms with E-state index in [9.17, 15) is 0 Å². The van der Waals surface area contributed by atoms with Gasteiger partial charge in [-0.25, -0.2) is 24.8 Å². The maximum absolute atomic E-state index is 5.22. The molecule has 49 heavy (non-hydrogen) atoms. The van der Waals surface area contributed by atoms with Gasteiger partial charge < -0.3 is 0 Å². The van der Waals surface area contributed by atoms with Crippen LogP contribution in [0.5, 0.6) is 0 Å². The Bertz CT molecular complexity index is 2070. The first-order chi connectivity index (χ1) is 24.3. The van der Waals surface area contributed by atoms with Gasteiger partial charge in [0, 0.05) is 22.3 Å². The Morgan fingerprint density at radius 3 is 0.918 bits per heavy atom. The van der Waals surface area contributed by atoms with Crippen molar-refractivity contribution in [2.45, 2.75) is 0 Å². The predicted octanol–water partition coefficient (Wildman–Crippen LogP) is 11.1. The lowest BCUT2D eigenvalue weighted by Gasteiger charge is -2.24. The predicted molar refractivity (Wildman–Crippen MR) is 199 cm³/mol. The summed E-state index contributed by atoms with van der Waals surface area (Å²) in [6.45, 7) is 0. The Balaban J connectivity index is 1.41. The van der Waals surface area contributed by atoms with E-state index in [-0.39, 0.29) is 0 Å². The zero-order valence-corrected chi connectivity index (χ0v) is 26.6. The molecule has 0 saturated heterocycles. The molecule has 0 radical (unpaired) electrons. The van der Waals surface area contributed by atoms with Gasteiger partial charge in [0.2, 0.25) is 11.9 Å². The summed E-state index contributed by atoms with van der Waals surface area (Å²) in [4.78, 5) is 22.9. The maximum Gasteiger partial charge on any atom is 0.238 e. The fraction of sp³-hybridized carbons (Fsp3) is 0. The van der Waals surface area contributed by atoms with Crippen molar-refractivity contribution in [2.24, 2.45) is 0 Å². The molecule has 2 aromatic heterocycles.